The molecule has 33 heavy (non-hydrogen) atoms. The second-order valence-corrected chi connectivity index (χ2v) is 10.4. The first kappa shape index (κ1) is 23.7. The minimum Gasteiger partial charge on any atom is -0.379 e. The third kappa shape index (κ3) is 4.91. The Balaban J connectivity index is 1.49. The van der Waals surface area contributed by atoms with Crippen molar-refractivity contribution >= 4 is 39.1 Å². The number of nitrogens with zero attached hydrogens (tertiary/aromatic N) is 2. The topological polar surface area (TPSA) is 96.0 Å². The van der Waals surface area contributed by atoms with E-state index in [0.717, 1.165) is 5.56 Å². The smallest absolute Gasteiger partial charge is 0.243 e. The summed E-state index contributed by atoms with van der Waals surface area (Å²) in [6.45, 7) is 3.09. The van der Waals surface area contributed by atoms with Crippen LogP contribution in [0.5, 0.6) is 0 Å². The van der Waals surface area contributed by atoms with E-state index in [1.54, 1.807) is 18.2 Å². The number of carbonyl (C=O) groups is 2. The first-order valence-corrected chi connectivity index (χ1v) is 12.6. The molecule has 2 heterocycles. The Labute approximate surface area is 198 Å². The molecular weight excluding hydrogens is 466 g/mol. The number of rotatable bonds is 6. The molecule has 2 amide bonds. The van der Waals surface area contributed by atoms with Gasteiger partial charge in [-0.25, -0.2) is 8.42 Å². The summed E-state index contributed by atoms with van der Waals surface area (Å²) in [6, 6.07) is 11.4. The summed E-state index contributed by atoms with van der Waals surface area (Å²) in [7, 11) is -3.67. The molecular formula is C23H26ClN3O5S. The molecule has 4 rings (SSSR count). The van der Waals surface area contributed by atoms with Gasteiger partial charge in [0.25, 0.3) is 0 Å². The molecule has 1 saturated heterocycles. The number of benzene rings is 2. The Kier molecular flexibility index (Phi) is 7.04. The molecule has 2 aliphatic heterocycles. The zero-order valence-corrected chi connectivity index (χ0v) is 19.9. The number of hydrogen-bond donors (Lipinski definition) is 1. The summed E-state index contributed by atoms with van der Waals surface area (Å²) in [6.07, 6.45) is 0.812. The predicted molar refractivity (Wildman–Crippen MR) is 125 cm³/mol. The lowest BCUT2D eigenvalue weighted by Crippen LogP contribution is -2.47. The van der Waals surface area contributed by atoms with E-state index in [1.165, 1.54) is 22.2 Å². The van der Waals surface area contributed by atoms with E-state index < -0.39 is 16.1 Å². The summed E-state index contributed by atoms with van der Waals surface area (Å²) in [5.41, 5.74) is 2.15. The number of anilines is 1. The van der Waals surface area contributed by atoms with Crippen LogP contribution in [0.25, 0.3) is 0 Å². The predicted octanol–water partition coefficient (Wildman–Crippen LogP) is 2.00. The molecule has 0 radical (unpaired) electrons. The van der Waals surface area contributed by atoms with Gasteiger partial charge < -0.3 is 10.1 Å². The van der Waals surface area contributed by atoms with Crippen molar-refractivity contribution in [1.29, 1.82) is 0 Å². The van der Waals surface area contributed by atoms with Crippen LogP contribution in [-0.4, -0.2) is 63.4 Å². The van der Waals surface area contributed by atoms with Gasteiger partial charge in [0.2, 0.25) is 21.8 Å². The van der Waals surface area contributed by atoms with Gasteiger partial charge in [-0.15, -0.1) is 0 Å². The number of fused-ring (bicyclic) bond motifs is 1. The highest BCUT2D eigenvalue weighted by Gasteiger charge is 2.38. The summed E-state index contributed by atoms with van der Waals surface area (Å²) in [5.74, 6) is -0.560. The van der Waals surface area contributed by atoms with E-state index in [0.29, 0.717) is 55.5 Å². The highest BCUT2D eigenvalue weighted by Crippen LogP contribution is 2.35. The maximum Gasteiger partial charge on any atom is 0.243 e. The van der Waals surface area contributed by atoms with E-state index in [4.69, 9.17) is 16.3 Å². The van der Waals surface area contributed by atoms with Crippen molar-refractivity contribution in [3.63, 3.8) is 0 Å². The van der Waals surface area contributed by atoms with Crippen molar-refractivity contribution in [2.45, 2.75) is 30.7 Å². The lowest BCUT2D eigenvalue weighted by Gasteiger charge is -2.26. The first-order valence-electron chi connectivity index (χ1n) is 10.8. The summed E-state index contributed by atoms with van der Waals surface area (Å²) < 4.78 is 32.7. The number of morpholine rings is 1. The molecule has 0 unspecified atom stereocenters. The molecule has 0 spiro atoms. The fraction of sp³-hybridized carbons (Fsp3) is 0.391. The second kappa shape index (κ2) is 9.80. The molecule has 0 saturated carbocycles. The van der Waals surface area contributed by atoms with Gasteiger partial charge in [-0.2, -0.15) is 4.31 Å². The van der Waals surface area contributed by atoms with Crippen LogP contribution in [0, 0.1) is 0 Å². The number of nitrogens with one attached hydrogen (secondary N) is 1. The molecule has 8 nitrogen and oxygen atoms in total. The van der Waals surface area contributed by atoms with Crippen LogP contribution in [0.2, 0.25) is 5.02 Å². The Morgan fingerprint density at radius 3 is 2.58 bits per heavy atom. The zero-order chi connectivity index (χ0) is 23.6. The van der Waals surface area contributed by atoms with Crippen LogP contribution in [0.15, 0.2) is 47.4 Å². The van der Waals surface area contributed by atoms with Gasteiger partial charge in [0, 0.05) is 43.7 Å². The second-order valence-electron chi connectivity index (χ2n) is 8.05. The van der Waals surface area contributed by atoms with Gasteiger partial charge in [-0.1, -0.05) is 29.8 Å². The average Bonchev–Trinajstić information content (AvgIpc) is 3.20. The number of halogens is 1. The number of sulfonamides is 1. The van der Waals surface area contributed by atoms with Crippen molar-refractivity contribution in [2.75, 3.05) is 37.7 Å². The molecule has 10 heteroatoms. The van der Waals surface area contributed by atoms with E-state index in [9.17, 15) is 18.0 Å². The van der Waals surface area contributed by atoms with E-state index >= 15 is 0 Å². The van der Waals surface area contributed by atoms with Crippen LogP contribution in [0.4, 0.5) is 5.69 Å². The quantitative estimate of drug-likeness (QED) is 0.666. The number of amides is 2. The Morgan fingerprint density at radius 1 is 1.15 bits per heavy atom. The Bertz CT molecular complexity index is 1160. The number of hydrogen-bond acceptors (Lipinski definition) is 5. The van der Waals surface area contributed by atoms with Gasteiger partial charge in [0.15, 0.2) is 0 Å². The molecule has 1 N–H and O–H groups in total. The maximum absolute atomic E-state index is 13.0. The summed E-state index contributed by atoms with van der Waals surface area (Å²) in [4.78, 5) is 26.9. The molecule has 0 aliphatic carbocycles. The fourth-order valence-corrected chi connectivity index (χ4v) is 5.95. The standard InChI is InChI=1S/C23H26ClN3O5S/c1-16(28)27-21-7-6-19(33(30,31)26-10-12-32-13-11-26)14-18(21)15-22(27)23(29)25-9-8-17-4-2-3-5-20(17)24/h2-7,14,22H,8-13,15H2,1H3,(H,25,29)/t22-/m0/s1. The van der Waals surface area contributed by atoms with E-state index in [-0.39, 0.29) is 23.1 Å². The Morgan fingerprint density at radius 2 is 1.88 bits per heavy atom. The molecule has 2 aromatic rings. The van der Waals surface area contributed by atoms with Crippen LogP contribution in [-0.2, 0) is 37.2 Å². The molecule has 176 valence electrons. The van der Waals surface area contributed by atoms with Gasteiger partial charge in [0.05, 0.1) is 18.1 Å². The SMILES string of the molecule is CC(=O)N1c2ccc(S(=O)(=O)N3CCOCC3)cc2C[C@H]1C(=O)NCCc1ccccc1Cl. The number of carbonyl (C=O) groups excluding carboxylic acids is 2. The first-order chi connectivity index (χ1) is 15.8. The monoisotopic (exact) mass is 491 g/mol. The largest absolute Gasteiger partial charge is 0.379 e. The maximum atomic E-state index is 13.0. The van der Waals surface area contributed by atoms with E-state index in [1.807, 2.05) is 18.2 Å². The van der Waals surface area contributed by atoms with Crippen LogP contribution < -0.4 is 10.2 Å². The Hall–Kier alpha value is -2.46. The fourth-order valence-electron chi connectivity index (χ4n) is 4.26. The normalized spacial score (nSPS) is 18.7. The molecule has 1 atom stereocenters. The third-order valence-electron chi connectivity index (χ3n) is 5.94. The molecule has 2 aromatic carbocycles. The van der Waals surface area contributed by atoms with Crippen molar-refractivity contribution in [1.82, 2.24) is 9.62 Å². The zero-order valence-electron chi connectivity index (χ0n) is 18.3. The van der Waals surface area contributed by atoms with Crippen LogP contribution >= 0.6 is 11.6 Å². The molecule has 0 bridgehead atoms. The summed E-state index contributed by atoms with van der Waals surface area (Å²) >= 11 is 6.17. The minimum atomic E-state index is -3.67. The van der Waals surface area contributed by atoms with E-state index in [2.05, 4.69) is 5.32 Å². The van der Waals surface area contributed by atoms with Crippen molar-refractivity contribution in [2.24, 2.45) is 0 Å². The van der Waals surface area contributed by atoms with Gasteiger partial charge in [-0.05, 0) is 41.8 Å². The average molecular weight is 492 g/mol. The van der Waals surface area contributed by atoms with Crippen LogP contribution in [0.3, 0.4) is 0 Å². The summed E-state index contributed by atoms with van der Waals surface area (Å²) in [5, 5.41) is 3.52. The highest BCUT2D eigenvalue weighted by atomic mass is 35.5. The third-order valence-corrected chi connectivity index (χ3v) is 8.20. The molecule has 2 aliphatic rings. The van der Waals surface area contributed by atoms with Gasteiger partial charge in [-0.3, -0.25) is 14.5 Å². The minimum absolute atomic E-state index is 0.159. The van der Waals surface area contributed by atoms with Crippen LogP contribution in [0.1, 0.15) is 18.1 Å². The van der Waals surface area contributed by atoms with Crippen molar-refractivity contribution in [3.05, 3.63) is 58.6 Å². The molecule has 0 aromatic heterocycles. The lowest BCUT2D eigenvalue weighted by atomic mass is 10.1. The van der Waals surface area contributed by atoms with Gasteiger partial charge in [0.1, 0.15) is 6.04 Å². The van der Waals surface area contributed by atoms with Gasteiger partial charge >= 0.3 is 0 Å². The lowest BCUT2D eigenvalue weighted by molar-refractivity contribution is -0.125. The molecule has 1 fully saturated rings. The van der Waals surface area contributed by atoms with Crippen molar-refractivity contribution < 1.29 is 22.7 Å². The highest BCUT2D eigenvalue weighted by molar-refractivity contribution is 7.89. The van der Waals surface area contributed by atoms with Crippen molar-refractivity contribution in [3.8, 4) is 0 Å². The number of ether oxygens (including phenoxy) is 1.